The lowest BCUT2D eigenvalue weighted by atomic mass is 10.1. The van der Waals surface area contributed by atoms with E-state index in [1.165, 1.54) is 38.1 Å². The SMILES string of the molecule is CC(=O)c1c[nH]c(C(=O)N(C)CC(C)C(=O)O)c1. The zero-order chi connectivity index (χ0) is 13.9. The molecule has 0 aromatic carbocycles. The van der Waals surface area contributed by atoms with Crippen LogP contribution in [0.5, 0.6) is 0 Å². The van der Waals surface area contributed by atoms with Gasteiger partial charge in [0.25, 0.3) is 5.91 Å². The van der Waals surface area contributed by atoms with Crippen molar-refractivity contribution in [1.29, 1.82) is 0 Å². The first-order valence-electron chi connectivity index (χ1n) is 5.50. The molecule has 1 rings (SSSR count). The molecule has 0 aliphatic heterocycles. The van der Waals surface area contributed by atoms with Crippen LogP contribution >= 0.6 is 0 Å². The molecule has 0 radical (unpaired) electrons. The first-order chi connectivity index (χ1) is 8.32. The van der Waals surface area contributed by atoms with E-state index in [4.69, 9.17) is 5.11 Å². The zero-order valence-corrected chi connectivity index (χ0v) is 10.6. The molecule has 6 nitrogen and oxygen atoms in total. The van der Waals surface area contributed by atoms with E-state index in [0.29, 0.717) is 5.56 Å². The average Bonchev–Trinajstić information content (AvgIpc) is 2.76. The van der Waals surface area contributed by atoms with Crippen LogP contribution in [0.2, 0.25) is 0 Å². The van der Waals surface area contributed by atoms with Gasteiger partial charge in [-0.15, -0.1) is 0 Å². The fraction of sp³-hybridized carbons (Fsp3) is 0.417. The molecule has 0 fully saturated rings. The Balaban J connectivity index is 2.74. The normalized spacial score (nSPS) is 11.9. The standard InChI is InChI=1S/C12H16N2O4/c1-7(12(17)18)6-14(3)11(16)10-4-9(5-13-10)8(2)15/h4-5,7,13H,6H2,1-3H3,(H,17,18). The second kappa shape index (κ2) is 5.48. The van der Waals surface area contributed by atoms with Crippen LogP contribution in [-0.2, 0) is 4.79 Å². The molecule has 6 heteroatoms. The van der Waals surface area contributed by atoms with Crippen LogP contribution in [0.3, 0.4) is 0 Å². The Morgan fingerprint density at radius 1 is 1.44 bits per heavy atom. The van der Waals surface area contributed by atoms with Crippen molar-refractivity contribution in [2.45, 2.75) is 13.8 Å². The molecule has 0 bridgehead atoms. The maximum Gasteiger partial charge on any atom is 0.308 e. The van der Waals surface area contributed by atoms with Gasteiger partial charge in [-0.1, -0.05) is 6.92 Å². The van der Waals surface area contributed by atoms with Gasteiger partial charge in [0.05, 0.1) is 5.92 Å². The Morgan fingerprint density at radius 3 is 2.50 bits per heavy atom. The van der Waals surface area contributed by atoms with Crippen molar-refractivity contribution in [2.24, 2.45) is 5.92 Å². The maximum atomic E-state index is 11.9. The van der Waals surface area contributed by atoms with Gasteiger partial charge in [0, 0.05) is 25.4 Å². The Labute approximate surface area is 105 Å². The summed E-state index contributed by atoms with van der Waals surface area (Å²) in [6, 6.07) is 1.46. The number of carboxylic acids is 1. The number of carboxylic acid groups (broad SMARTS) is 1. The van der Waals surface area contributed by atoms with E-state index in [2.05, 4.69) is 4.98 Å². The predicted molar refractivity (Wildman–Crippen MR) is 64.6 cm³/mol. The molecule has 1 heterocycles. The summed E-state index contributed by atoms with van der Waals surface area (Å²) in [7, 11) is 1.52. The summed E-state index contributed by atoms with van der Waals surface area (Å²) in [4.78, 5) is 37.7. The molecule has 0 aliphatic carbocycles. The van der Waals surface area contributed by atoms with Crippen LogP contribution in [0.15, 0.2) is 12.3 Å². The van der Waals surface area contributed by atoms with Crippen LogP contribution in [-0.4, -0.2) is 46.2 Å². The highest BCUT2D eigenvalue weighted by Gasteiger charge is 2.19. The van der Waals surface area contributed by atoms with Crippen molar-refractivity contribution in [1.82, 2.24) is 9.88 Å². The van der Waals surface area contributed by atoms with E-state index in [-0.39, 0.29) is 23.9 Å². The lowest BCUT2D eigenvalue weighted by molar-refractivity contribution is -0.141. The van der Waals surface area contributed by atoms with Crippen LogP contribution in [0.4, 0.5) is 0 Å². The van der Waals surface area contributed by atoms with E-state index in [9.17, 15) is 14.4 Å². The number of aliphatic carboxylic acids is 1. The third kappa shape index (κ3) is 3.19. The maximum absolute atomic E-state index is 11.9. The number of nitrogens with zero attached hydrogens (tertiary/aromatic N) is 1. The van der Waals surface area contributed by atoms with Gasteiger partial charge in [0.15, 0.2) is 5.78 Å². The molecular formula is C12H16N2O4. The van der Waals surface area contributed by atoms with E-state index in [1.54, 1.807) is 0 Å². The van der Waals surface area contributed by atoms with Gasteiger partial charge < -0.3 is 15.0 Å². The summed E-state index contributed by atoms with van der Waals surface area (Å²) >= 11 is 0. The molecule has 0 spiro atoms. The van der Waals surface area contributed by atoms with E-state index < -0.39 is 11.9 Å². The molecule has 0 saturated carbocycles. The van der Waals surface area contributed by atoms with Gasteiger partial charge in [-0.25, -0.2) is 0 Å². The van der Waals surface area contributed by atoms with E-state index in [0.717, 1.165) is 0 Å². The number of aromatic nitrogens is 1. The zero-order valence-electron chi connectivity index (χ0n) is 10.6. The average molecular weight is 252 g/mol. The first-order valence-corrected chi connectivity index (χ1v) is 5.50. The van der Waals surface area contributed by atoms with Crippen LogP contribution in [0, 0.1) is 5.92 Å². The predicted octanol–water partition coefficient (Wildman–Crippen LogP) is 1.01. The quantitative estimate of drug-likeness (QED) is 0.765. The Bertz CT molecular complexity index is 478. The monoisotopic (exact) mass is 252 g/mol. The third-order valence-electron chi connectivity index (χ3n) is 2.64. The third-order valence-corrected chi connectivity index (χ3v) is 2.64. The highest BCUT2D eigenvalue weighted by Crippen LogP contribution is 2.08. The summed E-state index contributed by atoms with van der Waals surface area (Å²) in [6.07, 6.45) is 1.46. The number of rotatable bonds is 5. The van der Waals surface area contributed by atoms with Crippen molar-refractivity contribution in [3.63, 3.8) is 0 Å². The molecule has 0 saturated heterocycles. The molecule has 1 aromatic heterocycles. The number of hydrogen-bond acceptors (Lipinski definition) is 3. The highest BCUT2D eigenvalue weighted by atomic mass is 16.4. The molecule has 1 aromatic rings. The molecule has 2 N–H and O–H groups in total. The second-order valence-corrected chi connectivity index (χ2v) is 4.28. The minimum absolute atomic E-state index is 0.114. The largest absolute Gasteiger partial charge is 0.481 e. The summed E-state index contributed by atoms with van der Waals surface area (Å²) < 4.78 is 0. The van der Waals surface area contributed by atoms with Crippen molar-refractivity contribution in [3.05, 3.63) is 23.5 Å². The molecule has 1 atom stereocenters. The summed E-state index contributed by atoms with van der Waals surface area (Å²) in [5.41, 5.74) is 0.707. The van der Waals surface area contributed by atoms with Gasteiger partial charge >= 0.3 is 5.97 Å². The number of amides is 1. The number of carbonyl (C=O) groups excluding carboxylic acids is 2. The van der Waals surface area contributed by atoms with E-state index >= 15 is 0 Å². The van der Waals surface area contributed by atoms with E-state index in [1.807, 2.05) is 0 Å². The van der Waals surface area contributed by atoms with Crippen molar-refractivity contribution < 1.29 is 19.5 Å². The van der Waals surface area contributed by atoms with Crippen LogP contribution in [0.25, 0.3) is 0 Å². The Morgan fingerprint density at radius 2 is 2.06 bits per heavy atom. The van der Waals surface area contributed by atoms with Crippen LogP contribution in [0.1, 0.15) is 34.7 Å². The van der Waals surface area contributed by atoms with Gasteiger partial charge in [0.1, 0.15) is 5.69 Å². The van der Waals surface area contributed by atoms with Gasteiger partial charge in [-0.05, 0) is 13.0 Å². The molecular weight excluding hydrogens is 236 g/mol. The molecule has 0 aliphatic rings. The van der Waals surface area contributed by atoms with Gasteiger partial charge in [-0.2, -0.15) is 0 Å². The molecule has 1 unspecified atom stereocenters. The Kier molecular flexibility index (Phi) is 4.25. The minimum atomic E-state index is -0.953. The fourth-order valence-corrected chi connectivity index (χ4v) is 1.50. The summed E-state index contributed by atoms with van der Waals surface area (Å²) in [6.45, 7) is 3.05. The lowest BCUT2D eigenvalue weighted by Gasteiger charge is -2.18. The molecule has 18 heavy (non-hydrogen) atoms. The highest BCUT2D eigenvalue weighted by molar-refractivity contribution is 5.99. The van der Waals surface area contributed by atoms with Crippen molar-refractivity contribution >= 4 is 17.7 Å². The molecule has 98 valence electrons. The number of carbonyl (C=O) groups is 3. The van der Waals surface area contributed by atoms with Crippen molar-refractivity contribution in [2.75, 3.05) is 13.6 Å². The van der Waals surface area contributed by atoms with Gasteiger partial charge in [-0.3, -0.25) is 14.4 Å². The first kappa shape index (κ1) is 14.0. The number of H-pyrrole nitrogens is 1. The topological polar surface area (TPSA) is 90.5 Å². The number of hydrogen-bond donors (Lipinski definition) is 2. The van der Waals surface area contributed by atoms with Gasteiger partial charge in [0.2, 0.25) is 0 Å². The summed E-state index contributed by atoms with van der Waals surface area (Å²) in [5.74, 6) is -2.06. The summed E-state index contributed by atoms with van der Waals surface area (Å²) in [5, 5.41) is 8.77. The number of nitrogens with one attached hydrogen (secondary N) is 1. The van der Waals surface area contributed by atoms with Crippen LogP contribution < -0.4 is 0 Å². The lowest BCUT2D eigenvalue weighted by Crippen LogP contribution is -2.33. The number of Topliss-reactive ketones (excluding diaryl/α,β-unsaturated/α-hetero) is 1. The minimum Gasteiger partial charge on any atom is -0.481 e. The fourth-order valence-electron chi connectivity index (χ4n) is 1.50. The second-order valence-electron chi connectivity index (χ2n) is 4.28. The van der Waals surface area contributed by atoms with Crippen molar-refractivity contribution in [3.8, 4) is 0 Å². The number of ketones is 1. The number of aromatic amines is 1. The molecule has 1 amide bonds. The Hall–Kier alpha value is -2.11. The smallest absolute Gasteiger partial charge is 0.308 e.